The van der Waals surface area contributed by atoms with Crippen molar-refractivity contribution in [3.63, 3.8) is 0 Å². The Bertz CT molecular complexity index is 910. The molecule has 3 nitrogen and oxygen atoms in total. The molecule has 0 aromatic heterocycles. The molecule has 0 spiro atoms. The van der Waals surface area contributed by atoms with E-state index in [4.69, 9.17) is 4.18 Å². The molecular formula is C29H42O3S2. The van der Waals surface area contributed by atoms with Gasteiger partial charge in [0.05, 0.1) is 5.75 Å². The lowest BCUT2D eigenvalue weighted by Crippen LogP contribution is -2.19. The molecule has 2 aromatic carbocycles. The molecule has 0 radical (unpaired) electrons. The predicted molar refractivity (Wildman–Crippen MR) is 144 cm³/mol. The highest BCUT2D eigenvalue weighted by Crippen LogP contribution is 2.46. The zero-order valence-corrected chi connectivity index (χ0v) is 22.5. The van der Waals surface area contributed by atoms with Gasteiger partial charge in [0.25, 0.3) is 10.1 Å². The maximum atomic E-state index is 12.8. The first-order valence-electron chi connectivity index (χ1n) is 13.4. The predicted octanol–water partition coefficient (Wildman–Crippen LogP) is 9.07. The van der Waals surface area contributed by atoms with Gasteiger partial charge in [0.15, 0.2) is 0 Å². The van der Waals surface area contributed by atoms with Crippen LogP contribution in [0, 0.1) is 0 Å². The largest absolute Gasteiger partial charge is 0.268 e. The summed E-state index contributed by atoms with van der Waals surface area (Å²) in [7, 11) is -3.59. The average molecular weight is 503 g/mol. The highest BCUT2D eigenvalue weighted by atomic mass is 32.2. The molecule has 2 aromatic rings. The van der Waals surface area contributed by atoms with Gasteiger partial charge in [-0.3, -0.25) is 4.18 Å². The molecule has 1 aliphatic rings. The highest BCUT2D eigenvalue weighted by molar-refractivity contribution is 7.99. The number of benzene rings is 2. The summed E-state index contributed by atoms with van der Waals surface area (Å²) in [4.78, 5) is 2.13. The van der Waals surface area contributed by atoms with Crippen LogP contribution in [0.25, 0.3) is 0 Å². The van der Waals surface area contributed by atoms with Gasteiger partial charge in [-0.15, -0.1) is 0 Å². The summed E-state index contributed by atoms with van der Waals surface area (Å²) < 4.78 is 31.4. The minimum atomic E-state index is -3.59. The number of fused-ring (bicyclic) bond motifs is 2. The van der Waals surface area contributed by atoms with E-state index >= 15 is 0 Å². The van der Waals surface area contributed by atoms with Gasteiger partial charge in [0.1, 0.15) is 6.10 Å². The minimum absolute atomic E-state index is 0.0962. The Morgan fingerprint density at radius 1 is 0.647 bits per heavy atom. The van der Waals surface area contributed by atoms with Crippen molar-refractivity contribution in [2.24, 2.45) is 0 Å². The van der Waals surface area contributed by atoms with Crippen LogP contribution in [0.1, 0.15) is 114 Å². The van der Waals surface area contributed by atoms with Gasteiger partial charge in [-0.2, -0.15) is 8.42 Å². The van der Waals surface area contributed by atoms with E-state index in [1.165, 1.54) is 70.6 Å². The Morgan fingerprint density at radius 3 is 1.53 bits per heavy atom. The molecule has 0 atom stereocenters. The van der Waals surface area contributed by atoms with E-state index in [0.29, 0.717) is 6.42 Å². The number of rotatable bonds is 17. The van der Waals surface area contributed by atoms with E-state index in [-0.39, 0.29) is 5.75 Å². The Hall–Kier alpha value is -1.30. The van der Waals surface area contributed by atoms with Crippen LogP contribution in [-0.4, -0.2) is 14.2 Å². The topological polar surface area (TPSA) is 43.4 Å². The minimum Gasteiger partial charge on any atom is -0.257 e. The van der Waals surface area contributed by atoms with Crippen LogP contribution < -0.4 is 0 Å². The van der Waals surface area contributed by atoms with Gasteiger partial charge in [-0.25, -0.2) is 0 Å². The van der Waals surface area contributed by atoms with Crippen molar-refractivity contribution in [1.82, 2.24) is 0 Å². The Labute approximate surface area is 212 Å². The van der Waals surface area contributed by atoms with Crippen molar-refractivity contribution >= 4 is 21.9 Å². The normalized spacial score (nSPS) is 13.6. The maximum absolute atomic E-state index is 12.8. The van der Waals surface area contributed by atoms with Crippen molar-refractivity contribution in [2.75, 3.05) is 5.75 Å². The Balaban J connectivity index is 1.32. The van der Waals surface area contributed by atoms with E-state index in [1.54, 1.807) is 11.8 Å². The van der Waals surface area contributed by atoms with Gasteiger partial charge in [0, 0.05) is 20.9 Å². The van der Waals surface area contributed by atoms with Crippen LogP contribution in [0.4, 0.5) is 0 Å². The third-order valence-electron chi connectivity index (χ3n) is 6.61. The van der Waals surface area contributed by atoms with Gasteiger partial charge in [0.2, 0.25) is 0 Å². The molecule has 3 rings (SSSR count). The molecule has 0 saturated heterocycles. The van der Waals surface area contributed by atoms with Crippen molar-refractivity contribution in [1.29, 1.82) is 0 Å². The number of hydrogen-bond donors (Lipinski definition) is 0. The fourth-order valence-corrected chi connectivity index (χ4v) is 6.91. The first-order chi connectivity index (χ1) is 16.6. The summed E-state index contributed by atoms with van der Waals surface area (Å²) in [6, 6.07) is 15.9. The second kappa shape index (κ2) is 15.0. The summed E-state index contributed by atoms with van der Waals surface area (Å²) in [5, 5.41) is 0. The van der Waals surface area contributed by atoms with Crippen molar-refractivity contribution in [3.8, 4) is 0 Å². The summed E-state index contributed by atoms with van der Waals surface area (Å²) in [5.74, 6) is 0.0962. The summed E-state index contributed by atoms with van der Waals surface area (Å²) >= 11 is 1.68. The zero-order chi connectivity index (χ0) is 24.1. The third kappa shape index (κ3) is 9.05. The molecule has 1 aliphatic heterocycles. The molecule has 0 bridgehead atoms. The van der Waals surface area contributed by atoms with Gasteiger partial charge >= 0.3 is 0 Å². The van der Waals surface area contributed by atoms with Crippen LogP contribution in [0.5, 0.6) is 0 Å². The molecule has 0 saturated carbocycles. The molecular weight excluding hydrogens is 460 g/mol. The molecule has 0 unspecified atom stereocenters. The van der Waals surface area contributed by atoms with Gasteiger partial charge in [-0.1, -0.05) is 139 Å². The molecule has 1 heterocycles. The molecule has 0 N–H and O–H groups in total. The fraction of sp³-hybridized carbons (Fsp3) is 0.586. The summed E-state index contributed by atoms with van der Waals surface area (Å²) in [5.41, 5.74) is 1.88. The molecule has 0 aliphatic carbocycles. The Kier molecular flexibility index (Phi) is 12.0. The molecule has 5 heteroatoms. The van der Waals surface area contributed by atoms with Crippen LogP contribution in [-0.2, 0) is 14.3 Å². The SMILES string of the molecule is CCCCCCCCCCCCCCCCS(=O)(=O)OC1c2ccccc2Sc2ccccc21. The fourth-order valence-electron chi connectivity index (χ4n) is 4.64. The molecule has 0 amide bonds. The van der Waals surface area contributed by atoms with Gasteiger partial charge < -0.3 is 0 Å². The van der Waals surface area contributed by atoms with E-state index in [9.17, 15) is 8.42 Å². The second-order valence-corrected chi connectivity index (χ2v) is 12.3. The second-order valence-electron chi connectivity index (χ2n) is 9.51. The highest BCUT2D eigenvalue weighted by Gasteiger charge is 2.30. The monoisotopic (exact) mass is 502 g/mol. The van der Waals surface area contributed by atoms with Crippen LogP contribution in [0.15, 0.2) is 58.3 Å². The van der Waals surface area contributed by atoms with E-state index in [1.807, 2.05) is 48.5 Å². The van der Waals surface area contributed by atoms with E-state index in [0.717, 1.165) is 33.8 Å². The van der Waals surface area contributed by atoms with E-state index in [2.05, 4.69) is 6.92 Å². The number of unbranched alkanes of at least 4 members (excludes halogenated alkanes) is 13. The van der Waals surface area contributed by atoms with E-state index < -0.39 is 16.2 Å². The zero-order valence-electron chi connectivity index (χ0n) is 20.8. The lowest BCUT2D eigenvalue weighted by Gasteiger charge is -2.27. The van der Waals surface area contributed by atoms with Crippen LogP contribution >= 0.6 is 11.8 Å². The van der Waals surface area contributed by atoms with Crippen LogP contribution in [0.3, 0.4) is 0 Å². The summed E-state index contributed by atoms with van der Waals surface area (Å²) in [6.07, 6.45) is 17.0. The molecule has 34 heavy (non-hydrogen) atoms. The van der Waals surface area contributed by atoms with Crippen LogP contribution in [0.2, 0.25) is 0 Å². The quantitative estimate of drug-likeness (QED) is 0.160. The third-order valence-corrected chi connectivity index (χ3v) is 9.07. The standard InChI is InChI=1S/C29H42O3S2/c1-2-3-4-5-6-7-8-9-10-11-12-13-14-19-24-34(30,31)32-29-25-20-15-17-22-27(25)33-28-23-18-16-21-26(28)29/h15-18,20-23,29H,2-14,19,24H2,1H3. The van der Waals surface area contributed by atoms with Crippen molar-refractivity contribution in [2.45, 2.75) is 113 Å². The van der Waals surface area contributed by atoms with Crippen molar-refractivity contribution in [3.05, 3.63) is 59.7 Å². The lowest BCUT2D eigenvalue weighted by molar-refractivity contribution is 0.246. The molecule has 0 fully saturated rings. The lowest BCUT2D eigenvalue weighted by atomic mass is 10.0. The van der Waals surface area contributed by atoms with Crippen molar-refractivity contribution < 1.29 is 12.6 Å². The Morgan fingerprint density at radius 2 is 1.06 bits per heavy atom. The number of hydrogen-bond acceptors (Lipinski definition) is 4. The molecule has 188 valence electrons. The smallest absolute Gasteiger partial charge is 0.257 e. The first kappa shape index (κ1) is 27.3. The maximum Gasteiger partial charge on any atom is 0.268 e. The first-order valence-corrected chi connectivity index (χ1v) is 15.8. The van der Waals surface area contributed by atoms with Gasteiger partial charge in [-0.05, 0) is 18.6 Å². The average Bonchev–Trinajstić information content (AvgIpc) is 2.84. The summed E-state index contributed by atoms with van der Waals surface area (Å²) in [6.45, 7) is 2.27.